The van der Waals surface area contributed by atoms with Gasteiger partial charge in [-0.05, 0) is 19.9 Å². The maximum absolute atomic E-state index is 14.7. The van der Waals surface area contributed by atoms with Gasteiger partial charge in [-0.15, -0.1) is 0 Å². The van der Waals surface area contributed by atoms with E-state index < -0.39 is 0 Å². The Morgan fingerprint density at radius 1 is 1.00 bits per heavy atom. The van der Waals surface area contributed by atoms with E-state index in [1.54, 1.807) is 19.1 Å². The first kappa shape index (κ1) is 39.7. The molecule has 3 amide bonds. The molecule has 4 aliphatic heterocycles. The number of hydrogen-bond acceptors (Lipinski definition) is 7. The number of nitrogens with zero attached hydrogens (tertiary/aromatic N) is 4. The SMILES string of the molecule is C=CC1=C(C)c2cc3[nH]c(c4c5[nH]c(cc6nc(cc1n2)C(C)=C6CC)c(C)c5C(=O)N(CC[CH2][Po])C4=O)[C@@H](CCC(=O)N(C)CCOCCOC)[C@@H]3C. The maximum atomic E-state index is 14.7. The molecule has 2 aromatic heterocycles. The molecule has 0 aromatic carbocycles. The summed E-state index contributed by atoms with van der Waals surface area (Å²) in [4.78, 5) is 63.0. The van der Waals surface area contributed by atoms with Crippen molar-refractivity contribution in [2.45, 2.75) is 76.2 Å². The second kappa shape index (κ2) is 16.8. The molecule has 54 heavy (non-hydrogen) atoms. The average molecular weight is 929 g/mol. The van der Waals surface area contributed by atoms with Crippen LogP contribution in [0.5, 0.6) is 0 Å². The van der Waals surface area contributed by atoms with Crippen molar-refractivity contribution in [2.24, 2.45) is 0 Å². The van der Waals surface area contributed by atoms with Crippen molar-refractivity contribution in [1.82, 2.24) is 29.7 Å². The minimum absolute atomic E-state index is 0.00372. The molecule has 0 fully saturated rings. The molecule has 0 unspecified atom stereocenters. The van der Waals surface area contributed by atoms with E-state index in [1.165, 1.54) is 30.0 Å². The Bertz CT molecular complexity index is 2140. The third-order valence-corrected chi connectivity index (χ3v) is 12.3. The van der Waals surface area contributed by atoms with Crippen LogP contribution >= 0.6 is 0 Å². The summed E-state index contributed by atoms with van der Waals surface area (Å²) in [6.07, 6.45) is 4.12. The van der Waals surface area contributed by atoms with Crippen molar-refractivity contribution in [3.05, 3.63) is 81.7 Å². The fourth-order valence-electron chi connectivity index (χ4n) is 7.90. The summed E-state index contributed by atoms with van der Waals surface area (Å²) in [5.74, 6) is -0.921. The predicted molar refractivity (Wildman–Crippen MR) is 214 cm³/mol. The topological polar surface area (TPSA) is 134 Å². The second-order valence-electron chi connectivity index (χ2n) is 14.4. The molecular weight excluding hydrogens is 877 g/mol. The number of carbonyl (C=O) groups is 3. The van der Waals surface area contributed by atoms with E-state index in [4.69, 9.17) is 19.4 Å². The Labute approximate surface area is 333 Å². The number of nitrogens with one attached hydrogen (secondary N) is 2. The number of fused-ring (bicyclic) bond motifs is 8. The minimum atomic E-state index is -0.324. The van der Waals surface area contributed by atoms with Gasteiger partial charge in [-0.3, -0.25) is 0 Å². The Morgan fingerprint density at radius 2 is 1.72 bits per heavy atom. The van der Waals surface area contributed by atoms with Crippen LogP contribution in [0, 0.1) is 6.92 Å². The van der Waals surface area contributed by atoms with Gasteiger partial charge in [0.15, 0.2) is 0 Å². The van der Waals surface area contributed by atoms with Crippen molar-refractivity contribution in [3.63, 3.8) is 0 Å². The zero-order valence-electron chi connectivity index (χ0n) is 32.5. The van der Waals surface area contributed by atoms with Crippen molar-refractivity contribution in [2.75, 3.05) is 47.1 Å². The number of aromatic nitrogens is 4. The number of rotatable bonds is 14. The van der Waals surface area contributed by atoms with Gasteiger partial charge in [0.05, 0.1) is 25.5 Å². The molecule has 2 atom stereocenters. The molecule has 8 bridgehead atoms. The summed E-state index contributed by atoms with van der Waals surface area (Å²) in [6, 6.07) is 6.10. The number of allylic oxidation sites excluding steroid dienone is 5. The first-order valence-electron chi connectivity index (χ1n) is 18.8. The van der Waals surface area contributed by atoms with Crippen LogP contribution in [0.25, 0.3) is 33.3 Å². The zero-order chi connectivity index (χ0) is 38.8. The van der Waals surface area contributed by atoms with E-state index in [0.717, 1.165) is 84.5 Å². The first-order valence-corrected chi connectivity index (χ1v) is 21.1. The van der Waals surface area contributed by atoms with Crippen molar-refractivity contribution in [1.29, 1.82) is 0 Å². The fraction of sp³-hybridized carbons (Fsp3) is 0.452. The summed E-state index contributed by atoms with van der Waals surface area (Å²) in [5.41, 5.74) is 12.0. The van der Waals surface area contributed by atoms with Gasteiger partial charge in [-0.1, -0.05) is 19.6 Å². The molecule has 12 heteroatoms. The number of aromatic amines is 2. The average Bonchev–Trinajstić information content (AvgIpc) is 3.83. The number of likely N-dealkylation sites (N-methyl/N-ethyl adjacent to an activating group) is 1. The number of hydrogen-bond donors (Lipinski definition) is 2. The summed E-state index contributed by atoms with van der Waals surface area (Å²) < 4.78 is 11.6. The van der Waals surface area contributed by atoms with E-state index in [0.29, 0.717) is 56.0 Å². The zero-order valence-corrected chi connectivity index (χ0v) is 35.7. The van der Waals surface area contributed by atoms with E-state index in [1.807, 2.05) is 32.1 Å². The normalized spacial score (nSPS) is 17.4. The molecule has 285 valence electrons. The van der Waals surface area contributed by atoms with E-state index >= 15 is 0 Å². The van der Waals surface area contributed by atoms with E-state index in [9.17, 15) is 14.4 Å². The van der Waals surface area contributed by atoms with Gasteiger partial charge in [0.1, 0.15) is 0 Å². The van der Waals surface area contributed by atoms with Gasteiger partial charge in [-0.2, -0.15) is 0 Å². The van der Waals surface area contributed by atoms with Gasteiger partial charge >= 0.3 is 234 Å². The number of carbonyl (C=O) groups excluding carboxylic acids is 3. The van der Waals surface area contributed by atoms with Crippen molar-refractivity contribution in [3.8, 4) is 0 Å². The standard InChI is InChI=1S/C42H51N6O5.Po/c1-10-15-48-41(50)37-26(7)33-22-35-28(12-3)24(5)31(44-35)21-34-27(11-2)23(4)30(43-34)20-32-25(6)29(39(45-32)38(42(48)51)40(37)46-33)13-14-36(49)47(8)16-17-53-19-18-52-9;/h11,20-22,25,29,45-46H,1-2,10,12-19H2,3-9H3;/t25-,29-;/m0./s1. The molecular formula is C42H51N6O5Po. The monoisotopic (exact) mass is 928 g/mol. The summed E-state index contributed by atoms with van der Waals surface area (Å²) in [6.45, 7) is 16.6. The van der Waals surface area contributed by atoms with Gasteiger partial charge in [0, 0.05) is 26.3 Å². The van der Waals surface area contributed by atoms with Gasteiger partial charge < -0.3 is 9.47 Å². The first-order chi connectivity index (χ1) is 25.9. The van der Waals surface area contributed by atoms with Crippen LogP contribution in [0.15, 0.2) is 30.9 Å². The van der Waals surface area contributed by atoms with Crippen LogP contribution in [0.2, 0.25) is 4.08 Å². The number of amides is 3. The third-order valence-electron chi connectivity index (χ3n) is 11.2. The number of ether oxygens (including phenoxy) is 2. The van der Waals surface area contributed by atoms with Crippen LogP contribution in [-0.4, -0.2) is 120 Å². The molecule has 0 saturated heterocycles. The van der Waals surface area contributed by atoms with Crippen molar-refractivity contribution >= 4 is 76.1 Å². The van der Waals surface area contributed by atoms with Gasteiger partial charge in [-0.25, -0.2) is 0 Å². The van der Waals surface area contributed by atoms with Gasteiger partial charge in [0.25, 0.3) is 0 Å². The molecule has 6 rings (SSSR count). The number of aryl methyl sites for hydroxylation is 1. The van der Waals surface area contributed by atoms with Crippen LogP contribution in [0.1, 0.15) is 126 Å². The molecule has 6 heterocycles. The quantitative estimate of drug-likeness (QED) is 0.152. The Hall–Kier alpha value is -3.97. The molecule has 1 radical (unpaired) electrons. The van der Waals surface area contributed by atoms with Crippen LogP contribution < -0.4 is 0 Å². The van der Waals surface area contributed by atoms with Gasteiger partial charge in [0.2, 0.25) is 0 Å². The number of H-pyrrole nitrogens is 2. The summed E-state index contributed by atoms with van der Waals surface area (Å²) in [7, 11) is 3.42. The molecule has 0 spiro atoms. The fourth-order valence-corrected chi connectivity index (χ4v) is 8.40. The molecule has 4 aliphatic rings. The molecule has 2 N–H and O–H groups in total. The predicted octanol–water partition coefficient (Wildman–Crippen LogP) is 7.16. The summed E-state index contributed by atoms with van der Waals surface area (Å²) >= 11 is 1.41. The van der Waals surface area contributed by atoms with Crippen molar-refractivity contribution < 1.29 is 23.9 Å². The Morgan fingerprint density at radius 3 is 2.43 bits per heavy atom. The Kier molecular flexibility index (Phi) is 12.4. The number of methoxy groups -OCH3 is 1. The summed E-state index contributed by atoms with van der Waals surface area (Å²) in [5, 5.41) is 0. The van der Waals surface area contributed by atoms with Crippen LogP contribution in [0.3, 0.4) is 0 Å². The van der Waals surface area contributed by atoms with Crippen LogP contribution in [0.4, 0.5) is 0 Å². The molecule has 0 aliphatic carbocycles. The Balaban J connectivity index is 1.59. The second-order valence-corrected chi connectivity index (χ2v) is 15.9. The number of imide groups is 1. The molecule has 0 saturated carbocycles. The third kappa shape index (κ3) is 7.37. The van der Waals surface area contributed by atoms with E-state index in [-0.39, 0.29) is 36.0 Å². The van der Waals surface area contributed by atoms with Crippen LogP contribution in [-0.2, 0) is 14.3 Å². The van der Waals surface area contributed by atoms with E-state index in [2.05, 4.69) is 43.4 Å². The molecule has 2 aromatic rings. The molecule has 11 nitrogen and oxygen atoms in total.